The molecule has 0 saturated heterocycles. The second kappa shape index (κ2) is 3.92. The molecule has 0 fully saturated rings. The molecule has 0 saturated carbocycles. The number of nitrogens with one attached hydrogen (secondary N) is 1. The molecule has 1 aliphatic heterocycles. The zero-order valence-corrected chi connectivity index (χ0v) is 8.91. The van der Waals surface area contributed by atoms with Crippen LogP contribution in [0.5, 0.6) is 0 Å². The third kappa shape index (κ3) is 2.22. The van der Waals surface area contributed by atoms with Crippen LogP contribution in [0.1, 0.15) is 6.92 Å². The van der Waals surface area contributed by atoms with Crippen LogP contribution in [-0.2, 0) is 0 Å². The van der Waals surface area contributed by atoms with Gasteiger partial charge in [0.2, 0.25) is 0 Å². The van der Waals surface area contributed by atoms with Crippen LogP contribution in [0.25, 0.3) is 0 Å². The predicted octanol–water partition coefficient (Wildman–Crippen LogP) is 2.88. The molecule has 64 valence electrons. The van der Waals surface area contributed by atoms with Gasteiger partial charge in [-0.15, -0.1) is 0 Å². The quantitative estimate of drug-likeness (QED) is 0.708. The summed E-state index contributed by atoms with van der Waals surface area (Å²) >= 11 is 9.13. The Morgan fingerprint density at radius 3 is 3.00 bits per heavy atom. The van der Waals surface area contributed by atoms with Gasteiger partial charge in [-0.3, -0.25) is 0 Å². The number of halogens is 2. The third-order valence-electron chi connectivity index (χ3n) is 1.29. The Hall–Kier alpha value is -0.540. The summed E-state index contributed by atoms with van der Waals surface area (Å²) in [6.07, 6.45) is 3.40. The van der Waals surface area contributed by atoms with Crippen molar-refractivity contribution >= 4 is 33.7 Å². The second-order valence-electron chi connectivity index (χ2n) is 2.38. The van der Waals surface area contributed by atoms with Crippen molar-refractivity contribution in [3.63, 3.8) is 0 Å². The van der Waals surface area contributed by atoms with E-state index in [1.165, 1.54) is 0 Å². The lowest BCUT2D eigenvalue weighted by Crippen LogP contribution is -2.06. The first-order valence-electron chi connectivity index (χ1n) is 3.33. The number of aliphatic imine (C=N–C) groups is 1. The summed E-state index contributed by atoms with van der Waals surface area (Å²) in [4.78, 5) is 3.99. The van der Waals surface area contributed by atoms with Crippen molar-refractivity contribution in [3.8, 4) is 0 Å². The summed E-state index contributed by atoms with van der Waals surface area (Å²) in [5.74, 6) is 0. The normalized spacial score (nSPS) is 16.8. The minimum Gasteiger partial charge on any atom is -0.358 e. The molecule has 1 heterocycles. The van der Waals surface area contributed by atoms with Crippen molar-refractivity contribution in [1.82, 2.24) is 5.32 Å². The van der Waals surface area contributed by atoms with E-state index < -0.39 is 0 Å². The van der Waals surface area contributed by atoms with Crippen molar-refractivity contribution in [3.05, 3.63) is 33.7 Å². The van der Waals surface area contributed by atoms with E-state index in [9.17, 15) is 0 Å². The van der Waals surface area contributed by atoms with Crippen molar-refractivity contribution in [1.29, 1.82) is 0 Å². The van der Waals surface area contributed by atoms with Crippen molar-refractivity contribution in [2.75, 3.05) is 0 Å². The van der Waals surface area contributed by atoms with E-state index in [1.54, 1.807) is 12.4 Å². The van der Waals surface area contributed by atoms with Gasteiger partial charge in [-0.25, -0.2) is 4.99 Å². The molecule has 0 aliphatic carbocycles. The first kappa shape index (κ1) is 9.55. The Morgan fingerprint density at radius 1 is 1.75 bits per heavy atom. The van der Waals surface area contributed by atoms with Crippen molar-refractivity contribution < 1.29 is 0 Å². The number of hydrogen-bond donors (Lipinski definition) is 1. The molecule has 2 nitrogen and oxygen atoms in total. The molecule has 12 heavy (non-hydrogen) atoms. The fourth-order valence-corrected chi connectivity index (χ4v) is 1.20. The topological polar surface area (TPSA) is 24.4 Å². The van der Waals surface area contributed by atoms with E-state index in [0.717, 1.165) is 15.8 Å². The number of nitrogens with zero attached hydrogens (tertiary/aromatic N) is 1. The lowest BCUT2D eigenvalue weighted by atomic mass is 10.2. The van der Waals surface area contributed by atoms with Crippen LogP contribution in [0.4, 0.5) is 0 Å². The largest absolute Gasteiger partial charge is 0.358 e. The molecular formula is C8H8BrClN2. The van der Waals surface area contributed by atoms with E-state index in [1.807, 2.05) is 6.92 Å². The fourth-order valence-electron chi connectivity index (χ4n) is 0.720. The minimum absolute atomic E-state index is 0.424. The number of rotatable bonds is 1. The Kier molecular flexibility index (Phi) is 3.12. The van der Waals surface area contributed by atoms with Gasteiger partial charge in [0, 0.05) is 12.4 Å². The molecule has 0 aromatic heterocycles. The van der Waals surface area contributed by atoms with Gasteiger partial charge < -0.3 is 5.32 Å². The first-order valence-corrected chi connectivity index (χ1v) is 4.50. The highest BCUT2D eigenvalue weighted by molar-refractivity contribution is 9.12. The molecule has 0 bridgehead atoms. The molecule has 0 atom stereocenters. The standard InChI is InChI=1S/C8H8BrClN2/c1-5(2)7-8(10)12-4-6(9)3-11-7/h3-4,11H,1H2,2H3. The average molecular weight is 248 g/mol. The molecule has 0 aromatic carbocycles. The van der Waals surface area contributed by atoms with Gasteiger partial charge in [0.25, 0.3) is 0 Å². The van der Waals surface area contributed by atoms with E-state index >= 15 is 0 Å². The summed E-state index contributed by atoms with van der Waals surface area (Å²) in [5.41, 5.74) is 1.61. The number of allylic oxidation sites excluding steroid dienone is 2. The Labute approximate surface area is 84.8 Å². The zero-order valence-electron chi connectivity index (χ0n) is 6.56. The molecule has 4 heteroatoms. The fraction of sp³-hybridized carbons (Fsp3) is 0.125. The summed E-state index contributed by atoms with van der Waals surface area (Å²) in [7, 11) is 0. The second-order valence-corrected chi connectivity index (χ2v) is 3.65. The van der Waals surface area contributed by atoms with Gasteiger partial charge in [0.05, 0.1) is 10.2 Å². The molecule has 0 amide bonds. The average Bonchev–Trinajstić information content (AvgIpc) is 2.14. The Balaban J connectivity index is 3.01. The van der Waals surface area contributed by atoms with Crippen LogP contribution in [0, 0.1) is 0 Å². The molecule has 1 N–H and O–H groups in total. The van der Waals surface area contributed by atoms with Crippen LogP contribution in [0.2, 0.25) is 0 Å². The third-order valence-corrected chi connectivity index (χ3v) is 2.01. The van der Waals surface area contributed by atoms with Crippen LogP contribution in [0.3, 0.4) is 0 Å². The zero-order chi connectivity index (χ0) is 9.14. The molecule has 1 aliphatic rings. The molecule has 0 aromatic rings. The van der Waals surface area contributed by atoms with Gasteiger partial charge in [0.1, 0.15) is 0 Å². The van der Waals surface area contributed by atoms with E-state index in [4.69, 9.17) is 11.6 Å². The first-order chi connectivity index (χ1) is 5.61. The SMILES string of the molecule is C=C(C)C1=C(Cl)N=CC(Br)=CN1. The van der Waals surface area contributed by atoms with Gasteiger partial charge in [0.15, 0.2) is 5.16 Å². The predicted molar refractivity (Wildman–Crippen MR) is 56.3 cm³/mol. The number of hydrogen-bond acceptors (Lipinski definition) is 2. The smallest absolute Gasteiger partial charge is 0.152 e. The Morgan fingerprint density at radius 2 is 2.42 bits per heavy atom. The maximum atomic E-state index is 5.85. The van der Waals surface area contributed by atoms with Gasteiger partial charge >= 0.3 is 0 Å². The van der Waals surface area contributed by atoms with Crippen LogP contribution in [-0.4, -0.2) is 6.21 Å². The van der Waals surface area contributed by atoms with Crippen molar-refractivity contribution in [2.45, 2.75) is 6.92 Å². The maximum absolute atomic E-state index is 5.85. The monoisotopic (exact) mass is 246 g/mol. The lowest BCUT2D eigenvalue weighted by molar-refractivity contribution is 1.06. The van der Waals surface area contributed by atoms with Crippen LogP contribution < -0.4 is 5.32 Å². The van der Waals surface area contributed by atoms with Gasteiger partial charge in [-0.2, -0.15) is 0 Å². The maximum Gasteiger partial charge on any atom is 0.152 e. The van der Waals surface area contributed by atoms with E-state index in [0.29, 0.717) is 5.16 Å². The lowest BCUT2D eigenvalue weighted by Gasteiger charge is -2.05. The summed E-state index contributed by atoms with van der Waals surface area (Å²) in [6.45, 7) is 5.64. The van der Waals surface area contributed by atoms with Crippen LogP contribution in [0.15, 0.2) is 38.7 Å². The highest BCUT2D eigenvalue weighted by atomic mass is 79.9. The molecule has 0 unspecified atom stereocenters. The van der Waals surface area contributed by atoms with Gasteiger partial charge in [-0.1, -0.05) is 18.2 Å². The van der Waals surface area contributed by atoms with E-state index in [-0.39, 0.29) is 0 Å². The summed E-state index contributed by atoms with van der Waals surface area (Å²) in [6, 6.07) is 0. The van der Waals surface area contributed by atoms with Crippen LogP contribution >= 0.6 is 27.5 Å². The summed E-state index contributed by atoms with van der Waals surface area (Å²) in [5, 5.41) is 3.42. The highest BCUT2D eigenvalue weighted by Crippen LogP contribution is 2.18. The summed E-state index contributed by atoms with van der Waals surface area (Å²) < 4.78 is 0.844. The van der Waals surface area contributed by atoms with Crippen molar-refractivity contribution in [2.24, 2.45) is 4.99 Å². The molecule has 1 rings (SSSR count). The molecule has 0 radical (unpaired) electrons. The van der Waals surface area contributed by atoms with E-state index in [2.05, 4.69) is 32.8 Å². The molecular weight excluding hydrogens is 239 g/mol. The highest BCUT2D eigenvalue weighted by Gasteiger charge is 2.05. The molecule has 0 spiro atoms. The Bertz CT molecular complexity index is 302. The minimum atomic E-state index is 0.424. The van der Waals surface area contributed by atoms with Gasteiger partial charge in [-0.05, 0) is 28.4 Å².